The summed E-state index contributed by atoms with van der Waals surface area (Å²) in [6.07, 6.45) is 4.53. The van der Waals surface area contributed by atoms with Crippen molar-refractivity contribution in [1.29, 1.82) is 0 Å². The van der Waals surface area contributed by atoms with Gasteiger partial charge in [0.1, 0.15) is 11.5 Å². The van der Waals surface area contributed by atoms with Gasteiger partial charge in [-0.15, -0.1) is 0 Å². The van der Waals surface area contributed by atoms with Gasteiger partial charge in [0.2, 0.25) is 0 Å². The van der Waals surface area contributed by atoms with Crippen LogP contribution in [-0.4, -0.2) is 18.1 Å². The second kappa shape index (κ2) is 7.86. The van der Waals surface area contributed by atoms with Crippen LogP contribution < -0.4 is 14.8 Å². The molecule has 3 rings (SSSR count). The predicted molar refractivity (Wildman–Crippen MR) is 94.5 cm³/mol. The molecule has 126 valence electrons. The van der Waals surface area contributed by atoms with Crippen molar-refractivity contribution in [2.24, 2.45) is 0 Å². The van der Waals surface area contributed by atoms with E-state index in [1.54, 1.807) is 6.92 Å². The number of carbonyl (C=O) groups is 1. The molecule has 0 unspecified atom stereocenters. The Morgan fingerprint density at radius 2 is 1.67 bits per heavy atom. The zero-order valence-electron chi connectivity index (χ0n) is 13.9. The monoisotopic (exact) mass is 325 g/mol. The molecule has 0 radical (unpaired) electrons. The first-order chi connectivity index (χ1) is 11.7. The average Bonchev–Trinajstić information content (AvgIpc) is 3.10. The lowest BCUT2D eigenvalue weighted by molar-refractivity contribution is -0.122. The highest BCUT2D eigenvalue weighted by atomic mass is 16.5. The van der Waals surface area contributed by atoms with Crippen LogP contribution in [0.5, 0.6) is 11.5 Å². The van der Waals surface area contributed by atoms with Crippen LogP contribution in [0.2, 0.25) is 0 Å². The fourth-order valence-electron chi connectivity index (χ4n) is 2.82. The first-order valence-electron chi connectivity index (χ1n) is 8.50. The lowest BCUT2D eigenvalue weighted by atomic mass is 10.2. The highest BCUT2D eigenvalue weighted by Gasteiger charge is 2.17. The van der Waals surface area contributed by atoms with Crippen molar-refractivity contribution < 1.29 is 14.3 Å². The lowest BCUT2D eigenvalue weighted by Crippen LogP contribution is -2.30. The van der Waals surface area contributed by atoms with Gasteiger partial charge in [-0.1, -0.05) is 18.2 Å². The molecule has 24 heavy (non-hydrogen) atoms. The standard InChI is InChI=1S/C20H23NO3/c1-15(23-17-7-3-2-4-8-17)20(22)21-16-11-13-19(14-12-16)24-18-9-5-6-10-18/h2-4,7-8,11-15,18H,5-6,9-10H2,1H3,(H,21,22)/t15-/m0/s1. The van der Waals surface area contributed by atoms with Gasteiger partial charge in [-0.25, -0.2) is 0 Å². The van der Waals surface area contributed by atoms with Gasteiger partial charge in [-0.3, -0.25) is 4.79 Å². The molecule has 1 fully saturated rings. The molecule has 0 aromatic heterocycles. The Kier molecular flexibility index (Phi) is 5.36. The van der Waals surface area contributed by atoms with E-state index in [4.69, 9.17) is 9.47 Å². The third kappa shape index (κ3) is 4.51. The minimum Gasteiger partial charge on any atom is -0.490 e. The van der Waals surface area contributed by atoms with E-state index >= 15 is 0 Å². The molecular weight excluding hydrogens is 302 g/mol. The number of hydrogen-bond donors (Lipinski definition) is 1. The molecule has 1 aliphatic rings. The van der Waals surface area contributed by atoms with E-state index in [0.29, 0.717) is 11.9 Å². The number of carbonyl (C=O) groups excluding carboxylic acids is 1. The number of rotatable bonds is 6. The summed E-state index contributed by atoms with van der Waals surface area (Å²) < 4.78 is 11.5. The van der Waals surface area contributed by atoms with E-state index in [1.807, 2.05) is 54.6 Å². The van der Waals surface area contributed by atoms with Crippen LogP contribution in [0.15, 0.2) is 54.6 Å². The van der Waals surface area contributed by atoms with Crippen LogP contribution in [-0.2, 0) is 4.79 Å². The van der Waals surface area contributed by atoms with Crippen LogP contribution in [0.3, 0.4) is 0 Å². The fraction of sp³-hybridized carbons (Fsp3) is 0.350. The Morgan fingerprint density at radius 1 is 1.00 bits per heavy atom. The van der Waals surface area contributed by atoms with Gasteiger partial charge in [-0.05, 0) is 69.0 Å². The molecule has 1 aliphatic carbocycles. The number of para-hydroxylation sites is 1. The van der Waals surface area contributed by atoms with Gasteiger partial charge in [0.25, 0.3) is 5.91 Å². The molecule has 2 aromatic rings. The van der Waals surface area contributed by atoms with Crippen LogP contribution in [0.4, 0.5) is 5.69 Å². The number of amides is 1. The second-order valence-electron chi connectivity index (χ2n) is 6.11. The summed E-state index contributed by atoms with van der Waals surface area (Å²) in [6, 6.07) is 16.8. The molecule has 1 amide bonds. The topological polar surface area (TPSA) is 47.6 Å². The molecule has 1 atom stereocenters. The first-order valence-corrected chi connectivity index (χ1v) is 8.50. The normalized spacial score (nSPS) is 15.7. The Morgan fingerprint density at radius 3 is 2.33 bits per heavy atom. The highest BCUT2D eigenvalue weighted by molar-refractivity contribution is 5.94. The minimum atomic E-state index is -0.568. The SMILES string of the molecule is C[C@H](Oc1ccccc1)C(=O)Nc1ccc(OC2CCCC2)cc1. The maximum atomic E-state index is 12.2. The number of anilines is 1. The molecule has 4 nitrogen and oxygen atoms in total. The van der Waals surface area contributed by atoms with Gasteiger partial charge in [-0.2, -0.15) is 0 Å². The summed E-state index contributed by atoms with van der Waals surface area (Å²) >= 11 is 0. The van der Waals surface area contributed by atoms with E-state index in [2.05, 4.69) is 5.32 Å². The second-order valence-corrected chi connectivity index (χ2v) is 6.11. The van der Waals surface area contributed by atoms with E-state index < -0.39 is 6.10 Å². The molecule has 0 bridgehead atoms. The lowest BCUT2D eigenvalue weighted by Gasteiger charge is -2.16. The van der Waals surface area contributed by atoms with Crippen molar-refractivity contribution in [3.8, 4) is 11.5 Å². The molecule has 0 heterocycles. The molecule has 0 saturated heterocycles. The zero-order chi connectivity index (χ0) is 16.8. The molecule has 0 aliphatic heterocycles. The zero-order valence-corrected chi connectivity index (χ0v) is 13.9. The van der Waals surface area contributed by atoms with Gasteiger partial charge >= 0.3 is 0 Å². The third-order valence-electron chi connectivity index (χ3n) is 4.15. The Bertz CT molecular complexity index is 648. The molecule has 1 N–H and O–H groups in total. The largest absolute Gasteiger partial charge is 0.490 e. The van der Waals surface area contributed by atoms with Gasteiger partial charge in [0, 0.05) is 5.69 Å². The summed E-state index contributed by atoms with van der Waals surface area (Å²) in [5.74, 6) is 1.36. The summed E-state index contributed by atoms with van der Waals surface area (Å²) in [5, 5.41) is 2.86. The van der Waals surface area contributed by atoms with Crippen LogP contribution in [0, 0.1) is 0 Å². The molecule has 1 saturated carbocycles. The first kappa shape index (κ1) is 16.4. The average molecular weight is 325 g/mol. The quantitative estimate of drug-likeness (QED) is 0.855. The van der Waals surface area contributed by atoms with Crippen molar-refractivity contribution in [2.75, 3.05) is 5.32 Å². The fourth-order valence-corrected chi connectivity index (χ4v) is 2.82. The van der Waals surface area contributed by atoms with Crippen molar-refractivity contribution in [2.45, 2.75) is 44.8 Å². The van der Waals surface area contributed by atoms with Gasteiger partial charge < -0.3 is 14.8 Å². The van der Waals surface area contributed by atoms with E-state index in [-0.39, 0.29) is 5.91 Å². The van der Waals surface area contributed by atoms with Crippen LogP contribution in [0.25, 0.3) is 0 Å². The Labute approximate surface area is 142 Å². The van der Waals surface area contributed by atoms with Crippen LogP contribution >= 0.6 is 0 Å². The van der Waals surface area contributed by atoms with Crippen molar-refractivity contribution >= 4 is 11.6 Å². The highest BCUT2D eigenvalue weighted by Crippen LogP contribution is 2.25. The Balaban J connectivity index is 1.52. The van der Waals surface area contributed by atoms with Crippen LogP contribution in [0.1, 0.15) is 32.6 Å². The summed E-state index contributed by atoms with van der Waals surface area (Å²) in [4.78, 5) is 12.2. The maximum absolute atomic E-state index is 12.2. The smallest absolute Gasteiger partial charge is 0.265 e. The summed E-state index contributed by atoms with van der Waals surface area (Å²) in [7, 11) is 0. The summed E-state index contributed by atoms with van der Waals surface area (Å²) in [6.45, 7) is 1.74. The number of ether oxygens (including phenoxy) is 2. The number of nitrogens with one attached hydrogen (secondary N) is 1. The van der Waals surface area contributed by atoms with E-state index in [9.17, 15) is 4.79 Å². The number of benzene rings is 2. The third-order valence-corrected chi connectivity index (χ3v) is 4.15. The molecule has 0 spiro atoms. The van der Waals surface area contributed by atoms with Gasteiger partial charge in [0.15, 0.2) is 6.10 Å². The number of hydrogen-bond acceptors (Lipinski definition) is 3. The Hall–Kier alpha value is -2.49. The van der Waals surface area contributed by atoms with E-state index in [1.165, 1.54) is 12.8 Å². The van der Waals surface area contributed by atoms with Gasteiger partial charge in [0.05, 0.1) is 6.10 Å². The van der Waals surface area contributed by atoms with Crippen molar-refractivity contribution in [1.82, 2.24) is 0 Å². The molecule has 4 heteroatoms. The van der Waals surface area contributed by atoms with E-state index in [0.717, 1.165) is 24.3 Å². The molecule has 2 aromatic carbocycles. The summed E-state index contributed by atoms with van der Waals surface area (Å²) in [5.41, 5.74) is 0.738. The molecular formula is C20H23NO3. The maximum Gasteiger partial charge on any atom is 0.265 e. The minimum absolute atomic E-state index is 0.177. The predicted octanol–water partition coefficient (Wildman–Crippen LogP) is 4.41. The van der Waals surface area contributed by atoms with Crippen molar-refractivity contribution in [3.63, 3.8) is 0 Å². The van der Waals surface area contributed by atoms with Crippen molar-refractivity contribution in [3.05, 3.63) is 54.6 Å².